The molecule has 0 saturated carbocycles. The molecule has 122 valence electrons. The molecule has 0 aliphatic carbocycles. The quantitative estimate of drug-likeness (QED) is 0.528. The van der Waals surface area contributed by atoms with Crippen LogP contribution in [0.3, 0.4) is 0 Å². The number of aliphatic hydroxyl groups is 2. The maximum Gasteiger partial charge on any atom is 0.263 e. The number of fused-ring (bicyclic) bond motifs is 1. The van der Waals surface area contributed by atoms with Gasteiger partial charge < -0.3 is 30.0 Å². The molecule has 3 heterocycles. The molecule has 2 aromatic heterocycles. The third kappa shape index (κ3) is 2.27. The van der Waals surface area contributed by atoms with Crippen molar-refractivity contribution in [2.24, 2.45) is 0 Å². The van der Waals surface area contributed by atoms with E-state index in [9.17, 15) is 20.3 Å². The van der Waals surface area contributed by atoms with Crippen LogP contribution in [0.25, 0.3) is 11.0 Å². The summed E-state index contributed by atoms with van der Waals surface area (Å²) in [5.41, 5.74) is 5.25. The van der Waals surface area contributed by atoms with Crippen LogP contribution in [0.4, 0.5) is 5.95 Å². The number of nitrogen functional groups attached to an aromatic ring is 1. The molecule has 5 N–H and O–H groups in total. The Balaban J connectivity index is 2.21. The Labute approximate surface area is 129 Å². The molecule has 1 unspecified atom stereocenters. The summed E-state index contributed by atoms with van der Waals surface area (Å²) < 4.78 is 12.2. The van der Waals surface area contributed by atoms with Crippen molar-refractivity contribution in [2.45, 2.75) is 24.5 Å². The van der Waals surface area contributed by atoms with Gasteiger partial charge in [-0.1, -0.05) is 0 Å². The fourth-order valence-electron chi connectivity index (χ4n) is 2.80. The summed E-state index contributed by atoms with van der Waals surface area (Å²) in [5, 5.41) is 28.7. The average molecular weight is 321 g/mol. The Hall–Kier alpha value is -2.45. The van der Waals surface area contributed by atoms with Crippen LogP contribution in [0, 0.1) is 11.3 Å². The lowest BCUT2D eigenvalue weighted by Crippen LogP contribution is -2.34. The van der Waals surface area contributed by atoms with E-state index in [1.54, 1.807) is 0 Å². The molecule has 10 heteroatoms. The second kappa shape index (κ2) is 5.64. The van der Waals surface area contributed by atoms with Gasteiger partial charge in [0, 0.05) is 13.3 Å². The summed E-state index contributed by atoms with van der Waals surface area (Å²) in [6.45, 7) is -0.405. The number of hydrogen-bond acceptors (Lipinski definition) is 8. The number of methoxy groups -OCH3 is 1. The summed E-state index contributed by atoms with van der Waals surface area (Å²) in [6, 6.07) is 1.91. The first kappa shape index (κ1) is 15.4. The molecule has 2 aromatic rings. The summed E-state index contributed by atoms with van der Waals surface area (Å²) in [7, 11) is 1.38. The van der Waals surface area contributed by atoms with E-state index in [1.807, 2.05) is 6.07 Å². The molecule has 0 spiro atoms. The van der Waals surface area contributed by atoms with E-state index < -0.39 is 36.7 Å². The van der Waals surface area contributed by atoms with Crippen molar-refractivity contribution in [3.8, 4) is 6.07 Å². The Morgan fingerprint density at radius 1 is 1.65 bits per heavy atom. The summed E-state index contributed by atoms with van der Waals surface area (Å²) in [4.78, 5) is 18.4. The molecule has 0 amide bonds. The number of ether oxygens (including phenoxy) is 2. The predicted molar refractivity (Wildman–Crippen MR) is 77.3 cm³/mol. The molecule has 0 aromatic carbocycles. The van der Waals surface area contributed by atoms with Crippen LogP contribution in [0.1, 0.15) is 11.8 Å². The number of anilines is 1. The van der Waals surface area contributed by atoms with E-state index in [-0.39, 0.29) is 22.5 Å². The number of aliphatic hydroxyl groups excluding tert-OH is 2. The van der Waals surface area contributed by atoms with Gasteiger partial charge in [0.1, 0.15) is 29.8 Å². The van der Waals surface area contributed by atoms with Gasteiger partial charge in [0.05, 0.1) is 12.2 Å². The van der Waals surface area contributed by atoms with Gasteiger partial charge in [-0.2, -0.15) is 10.2 Å². The molecule has 1 fully saturated rings. The van der Waals surface area contributed by atoms with Gasteiger partial charge in [-0.05, 0) is 0 Å². The van der Waals surface area contributed by atoms with Crippen molar-refractivity contribution in [3.63, 3.8) is 0 Å². The topological polar surface area (TPSA) is 159 Å². The van der Waals surface area contributed by atoms with Crippen molar-refractivity contribution in [3.05, 3.63) is 22.1 Å². The van der Waals surface area contributed by atoms with Crippen LogP contribution < -0.4 is 11.3 Å². The average Bonchev–Trinajstić information content (AvgIpc) is 3.04. The molecule has 10 nitrogen and oxygen atoms in total. The van der Waals surface area contributed by atoms with Gasteiger partial charge >= 0.3 is 0 Å². The zero-order valence-corrected chi connectivity index (χ0v) is 12.1. The highest BCUT2D eigenvalue weighted by Gasteiger charge is 2.45. The van der Waals surface area contributed by atoms with Gasteiger partial charge in [0.25, 0.3) is 5.56 Å². The SMILES string of the molecule is COC1[C@@H](O)[C@@H](CO)O[C@H]1n1cc(C#N)c2c(=O)[nH]c(N)nc21. The van der Waals surface area contributed by atoms with Gasteiger partial charge in [0.15, 0.2) is 11.9 Å². The summed E-state index contributed by atoms with van der Waals surface area (Å²) >= 11 is 0. The number of aromatic amines is 1. The van der Waals surface area contributed by atoms with E-state index >= 15 is 0 Å². The monoisotopic (exact) mass is 321 g/mol. The number of H-pyrrole nitrogens is 1. The van der Waals surface area contributed by atoms with E-state index in [1.165, 1.54) is 17.9 Å². The van der Waals surface area contributed by atoms with E-state index in [0.717, 1.165) is 0 Å². The highest BCUT2D eigenvalue weighted by atomic mass is 16.6. The largest absolute Gasteiger partial charge is 0.394 e. The van der Waals surface area contributed by atoms with Crippen LogP contribution in [0.5, 0.6) is 0 Å². The second-order valence-electron chi connectivity index (χ2n) is 5.15. The minimum Gasteiger partial charge on any atom is -0.394 e. The number of nitriles is 1. The van der Waals surface area contributed by atoms with Crippen LogP contribution in [-0.2, 0) is 9.47 Å². The maximum absolute atomic E-state index is 12.0. The lowest BCUT2D eigenvalue weighted by Gasteiger charge is -2.20. The van der Waals surface area contributed by atoms with Gasteiger partial charge in [0.2, 0.25) is 5.95 Å². The molecule has 1 saturated heterocycles. The van der Waals surface area contributed by atoms with Crippen molar-refractivity contribution in [1.29, 1.82) is 5.26 Å². The minimum absolute atomic E-state index is 0.0714. The number of nitrogens with two attached hydrogens (primary N) is 1. The normalized spacial score (nSPS) is 27.4. The van der Waals surface area contributed by atoms with Crippen LogP contribution in [0.15, 0.2) is 11.0 Å². The molecule has 4 atom stereocenters. The lowest BCUT2D eigenvalue weighted by atomic mass is 10.1. The molecule has 23 heavy (non-hydrogen) atoms. The first-order chi connectivity index (χ1) is 11.0. The Kier molecular flexibility index (Phi) is 3.78. The van der Waals surface area contributed by atoms with E-state index in [4.69, 9.17) is 15.2 Å². The molecule has 0 bridgehead atoms. The molecular formula is C13H15N5O5. The molecule has 3 rings (SSSR count). The first-order valence-corrected chi connectivity index (χ1v) is 6.79. The van der Waals surface area contributed by atoms with Crippen molar-refractivity contribution < 1.29 is 19.7 Å². The Bertz CT molecular complexity index is 838. The van der Waals surface area contributed by atoms with Crippen LogP contribution in [-0.4, -0.2) is 56.8 Å². The minimum atomic E-state index is -1.07. The fraction of sp³-hybridized carbons (Fsp3) is 0.462. The van der Waals surface area contributed by atoms with Crippen molar-refractivity contribution in [2.75, 3.05) is 19.5 Å². The zero-order chi connectivity index (χ0) is 16.7. The van der Waals surface area contributed by atoms with Crippen molar-refractivity contribution in [1.82, 2.24) is 14.5 Å². The number of rotatable bonds is 3. The third-order valence-corrected chi connectivity index (χ3v) is 3.86. The smallest absolute Gasteiger partial charge is 0.263 e. The molecule has 1 aliphatic rings. The lowest BCUT2D eigenvalue weighted by molar-refractivity contribution is -0.0580. The Morgan fingerprint density at radius 2 is 2.39 bits per heavy atom. The highest BCUT2D eigenvalue weighted by molar-refractivity contribution is 5.83. The number of hydrogen-bond donors (Lipinski definition) is 4. The maximum atomic E-state index is 12.0. The summed E-state index contributed by atoms with van der Waals surface area (Å²) in [6.07, 6.45) is -2.22. The Morgan fingerprint density at radius 3 is 3.00 bits per heavy atom. The first-order valence-electron chi connectivity index (χ1n) is 6.79. The number of aromatic nitrogens is 3. The second-order valence-corrected chi connectivity index (χ2v) is 5.15. The fourth-order valence-corrected chi connectivity index (χ4v) is 2.80. The third-order valence-electron chi connectivity index (χ3n) is 3.86. The van der Waals surface area contributed by atoms with Crippen molar-refractivity contribution >= 4 is 17.0 Å². The standard InChI is InChI=1S/C13H15N5O5/c1-22-9-8(20)6(4-19)23-12(9)18-3-5(2-14)7-10(18)16-13(15)17-11(7)21/h3,6,8-9,12,19-20H,4H2,1H3,(H3,15,16,17,21)/t6-,8+,9?,12-/m1/s1. The molecule has 1 aliphatic heterocycles. The van der Waals surface area contributed by atoms with E-state index in [0.29, 0.717) is 0 Å². The van der Waals surface area contributed by atoms with Gasteiger partial charge in [-0.15, -0.1) is 0 Å². The predicted octanol–water partition coefficient (Wildman–Crippen LogP) is -1.56. The molecular weight excluding hydrogens is 306 g/mol. The van der Waals surface area contributed by atoms with Gasteiger partial charge in [-0.25, -0.2) is 0 Å². The van der Waals surface area contributed by atoms with E-state index in [2.05, 4.69) is 9.97 Å². The molecule has 0 radical (unpaired) electrons. The number of nitrogens with one attached hydrogen (secondary N) is 1. The highest BCUT2D eigenvalue weighted by Crippen LogP contribution is 2.34. The number of nitrogens with zero attached hydrogens (tertiary/aromatic N) is 3. The van der Waals surface area contributed by atoms with Crippen LogP contribution in [0.2, 0.25) is 0 Å². The zero-order valence-electron chi connectivity index (χ0n) is 12.1. The summed E-state index contributed by atoms with van der Waals surface area (Å²) in [5.74, 6) is -0.113. The van der Waals surface area contributed by atoms with Gasteiger partial charge in [-0.3, -0.25) is 9.78 Å². The van der Waals surface area contributed by atoms with Crippen LogP contribution >= 0.6 is 0 Å².